The normalized spacial score (nSPS) is 44.6. The fraction of sp³-hybridized carbons (Fsp3) is 0.746. The lowest BCUT2D eigenvalue weighted by atomic mass is 9.52. The second-order valence-corrected chi connectivity index (χ2v) is 32.0. The van der Waals surface area contributed by atoms with Crippen molar-refractivity contribution in [1.29, 1.82) is 0 Å². The van der Waals surface area contributed by atoms with Gasteiger partial charge in [0, 0.05) is 24.9 Å². The van der Waals surface area contributed by atoms with E-state index in [1.165, 1.54) is 62.3 Å². The molecule has 2 aromatic carbocycles. The first-order chi connectivity index (χ1) is 40.1. The third-order valence-electron chi connectivity index (χ3n) is 26.3. The van der Waals surface area contributed by atoms with Crippen LogP contribution in [-0.2, 0) is 46.5 Å². The number of hydrogen-bond acceptors (Lipinski definition) is 10. The minimum Gasteiger partial charge on any atom is -0.445 e. The molecule has 6 saturated carbocycles. The third-order valence-corrected chi connectivity index (χ3v) is 26.9. The van der Waals surface area contributed by atoms with Crippen LogP contribution in [-0.4, -0.2) is 103 Å². The lowest BCUT2D eigenvalue weighted by Gasteiger charge is -2.54. The topological polar surface area (TPSA) is 141 Å². The van der Waals surface area contributed by atoms with Gasteiger partial charge in [-0.25, -0.2) is 9.59 Å². The van der Waals surface area contributed by atoms with E-state index in [2.05, 4.69) is 55.4 Å². The standard InChI is InChI=1S/C36H51NO6S.C35H49NO4/c1-22-17-32-33(37(20-22)34(38)41-21-25-9-7-6-8-10-25)24(3)36(42-32)16-14-28-29-12-11-26-18-27(43-44(5,39)40)13-15-35(26,4)31(29)19-30(28)23(36)2;1-21-16-31-32(36(19-21)33(38)39-20-24-8-6-5-7-9-24)23(3)35(40-31)15-13-27-28-11-10-25-17-26(37)12-14-34(25,4)30(28)18-29(27)22(35)2/h6-10,22,24,26-29,31-33H,11-21H2,1-5H3;5-9,21,23,25-28,30-32,37H,10-20H2,1-4H3/t22-,24+,26+,27-,28-,29-,31-,32+,33-,35-,36-;21-,23+,25+,26-,27-,28-,30-,31+,32-,34-,35-/m00/s1. The maximum atomic E-state index is 13.6. The molecule has 2 aromatic rings. The third kappa shape index (κ3) is 10.1. The number of aliphatic hydroxyl groups excluding tert-OH is 1. The molecule has 0 aromatic heterocycles. The molecule has 4 heterocycles. The van der Waals surface area contributed by atoms with Crippen LogP contribution < -0.4 is 0 Å². The van der Waals surface area contributed by atoms with Gasteiger partial charge in [-0.05, 0) is 222 Å². The van der Waals surface area contributed by atoms with Gasteiger partial charge in [-0.1, -0.05) is 113 Å². The summed E-state index contributed by atoms with van der Waals surface area (Å²) in [5.74, 6) is 6.59. The number of nitrogens with zero attached hydrogens (tertiary/aromatic N) is 2. The smallest absolute Gasteiger partial charge is 0.410 e. The van der Waals surface area contributed by atoms with Crippen LogP contribution in [0.3, 0.4) is 0 Å². The van der Waals surface area contributed by atoms with Crippen molar-refractivity contribution >= 4 is 22.3 Å². The van der Waals surface area contributed by atoms with E-state index in [0.29, 0.717) is 65.9 Å². The van der Waals surface area contributed by atoms with Gasteiger partial charge < -0.3 is 33.9 Å². The van der Waals surface area contributed by atoms with Crippen LogP contribution in [0.5, 0.6) is 0 Å². The predicted octanol–water partition coefficient (Wildman–Crippen LogP) is 14.2. The van der Waals surface area contributed by atoms with E-state index in [9.17, 15) is 23.1 Å². The van der Waals surface area contributed by atoms with Gasteiger partial charge in [0.2, 0.25) is 0 Å². The molecule has 0 radical (unpaired) electrons. The molecule has 0 bridgehead atoms. The highest BCUT2D eigenvalue weighted by Crippen LogP contribution is 2.69. The zero-order valence-electron chi connectivity index (χ0n) is 52.1. The Kier molecular flexibility index (Phi) is 15.8. The average molecular weight is 1170 g/mol. The van der Waals surface area contributed by atoms with Gasteiger partial charge in [0.05, 0.1) is 54.0 Å². The Labute approximate surface area is 503 Å². The molecule has 10 fully saturated rings. The van der Waals surface area contributed by atoms with Crippen molar-refractivity contribution in [1.82, 2.24) is 9.80 Å². The molecular weight excluding hydrogens is 1070 g/mol. The number of rotatable bonds is 6. The number of aliphatic hydroxyl groups is 1. The minimum atomic E-state index is -3.43. The van der Waals surface area contributed by atoms with E-state index in [4.69, 9.17) is 23.1 Å². The first kappa shape index (κ1) is 59.2. The molecule has 22 atom stereocenters. The maximum absolute atomic E-state index is 13.6. The van der Waals surface area contributed by atoms with Crippen molar-refractivity contribution in [2.75, 3.05) is 19.3 Å². The van der Waals surface area contributed by atoms with Crippen molar-refractivity contribution in [2.24, 2.45) is 81.8 Å². The van der Waals surface area contributed by atoms with Gasteiger partial charge in [0.15, 0.2) is 0 Å². The zero-order chi connectivity index (χ0) is 58.8. The zero-order valence-corrected chi connectivity index (χ0v) is 53.0. The Balaban J connectivity index is 0.000000157. The van der Waals surface area contributed by atoms with Crippen molar-refractivity contribution in [2.45, 2.75) is 232 Å². The summed E-state index contributed by atoms with van der Waals surface area (Å²) in [5, 5.41) is 10.4. The summed E-state index contributed by atoms with van der Waals surface area (Å²) in [7, 11) is -3.43. The summed E-state index contributed by atoms with van der Waals surface area (Å²) in [5.41, 5.74) is 8.32. The fourth-order valence-corrected chi connectivity index (χ4v) is 22.8. The Morgan fingerprint density at radius 1 is 0.595 bits per heavy atom. The first-order valence-corrected chi connectivity index (χ1v) is 35.2. The molecule has 2 spiro atoms. The van der Waals surface area contributed by atoms with Crippen molar-refractivity contribution in [3.05, 3.63) is 94.1 Å². The molecular formula is C71H100N2O10S. The molecule has 460 valence electrons. The van der Waals surface area contributed by atoms with Crippen LogP contribution in [0.25, 0.3) is 0 Å². The van der Waals surface area contributed by atoms with Crippen LogP contribution in [0.4, 0.5) is 9.59 Å². The highest BCUT2D eigenvalue weighted by Gasteiger charge is 2.65. The summed E-state index contributed by atoms with van der Waals surface area (Å²) < 4.78 is 55.4. The molecule has 4 saturated heterocycles. The van der Waals surface area contributed by atoms with Gasteiger partial charge in [0.25, 0.3) is 10.1 Å². The number of allylic oxidation sites excluding steroid dienone is 2. The Bertz CT molecular complexity index is 2970. The minimum absolute atomic E-state index is 0.0253. The van der Waals surface area contributed by atoms with Crippen LogP contribution in [0.1, 0.15) is 182 Å². The maximum Gasteiger partial charge on any atom is 0.410 e. The molecule has 84 heavy (non-hydrogen) atoms. The number of likely N-dealkylation sites (tertiary alicyclic amines) is 2. The highest BCUT2D eigenvalue weighted by atomic mass is 32.2. The van der Waals surface area contributed by atoms with Crippen LogP contribution in [0.15, 0.2) is 83.0 Å². The summed E-state index contributed by atoms with van der Waals surface area (Å²) in [6, 6.07) is 20.0. The number of benzene rings is 2. The highest BCUT2D eigenvalue weighted by molar-refractivity contribution is 7.86. The number of carbonyl (C=O) groups excluding carboxylic acids is 2. The molecule has 8 aliphatic carbocycles. The number of fused-ring (bicyclic) bond motifs is 12. The van der Waals surface area contributed by atoms with Gasteiger partial charge >= 0.3 is 12.2 Å². The quantitative estimate of drug-likeness (QED) is 0.219. The second kappa shape index (κ2) is 22.4. The molecule has 2 amide bonds. The SMILES string of the molecule is CC1=C2C[C@H]3[C@@H](CC[C@@H]4C[C@@H](O)CC[C@@]43C)[C@@H]2CC[C@]12O[C@@H]1C[C@H](C)CN(C(=O)OCc3ccccc3)[C@H]1[C@H]2C.CC1=C2C[C@H]3[C@@H](CC[C@@H]4C[C@@H](OS(C)(=O)=O)CC[C@@]43C)[C@@H]2CC[C@]12O[C@@H]1C[C@H](C)CN(C(=O)OCc3ccccc3)[C@H]1[C@H]2C. The van der Waals surface area contributed by atoms with Crippen LogP contribution in [0, 0.1) is 81.8 Å². The van der Waals surface area contributed by atoms with E-state index in [1.807, 2.05) is 70.5 Å². The van der Waals surface area contributed by atoms with Crippen molar-refractivity contribution < 1.29 is 46.2 Å². The molecule has 12 nitrogen and oxygen atoms in total. The summed E-state index contributed by atoms with van der Waals surface area (Å²) >= 11 is 0. The average Bonchev–Trinajstić information content (AvgIpc) is 1.97. The monoisotopic (exact) mass is 1170 g/mol. The summed E-state index contributed by atoms with van der Waals surface area (Å²) in [6.07, 6.45) is 20.3. The number of ether oxygens (including phenoxy) is 4. The second-order valence-electron chi connectivity index (χ2n) is 30.4. The van der Waals surface area contributed by atoms with Gasteiger partial charge in [-0.2, -0.15) is 8.42 Å². The number of amides is 2. The van der Waals surface area contributed by atoms with E-state index in [1.54, 1.807) is 11.1 Å². The van der Waals surface area contributed by atoms with Crippen molar-refractivity contribution in [3.8, 4) is 0 Å². The fourth-order valence-electron chi connectivity index (χ4n) is 22.2. The lowest BCUT2D eigenvalue weighted by Crippen LogP contribution is -2.54. The van der Waals surface area contributed by atoms with Gasteiger partial charge in [-0.15, -0.1) is 0 Å². The first-order valence-electron chi connectivity index (χ1n) is 33.4. The predicted molar refractivity (Wildman–Crippen MR) is 324 cm³/mol. The van der Waals surface area contributed by atoms with Gasteiger partial charge in [-0.3, -0.25) is 4.18 Å². The molecule has 0 unspecified atom stereocenters. The van der Waals surface area contributed by atoms with Crippen molar-refractivity contribution in [3.63, 3.8) is 0 Å². The molecule has 12 aliphatic rings. The molecule has 14 rings (SSSR count). The van der Waals surface area contributed by atoms with E-state index >= 15 is 0 Å². The lowest BCUT2D eigenvalue weighted by molar-refractivity contribution is -0.0742. The Morgan fingerprint density at radius 3 is 1.49 bits per heavy atom. The largest absolute Gasteiger partial charge is 0.445 e. The molecule has 1 N–H and O–H groups in total. The summed E-state index contributed by atoms with van der Waals surface area (Å²) in [6.45, 7) is 21.0. The number of piperidine rings is 2. The molecule has 13 heteroatoms. The molecule has 4 aliphatic heterocycles. The van der Waals surface area contributed by atoms with Crippen LogP contribution >= 0.6 is 0 Å². The Morgan fingerprint density at radius 2 is 1.04 bits per heavy atom. The number of carbonyl (C=O) groups is 2. The van der Waals surface area contributed by atoms with Gasteiger partial charge in [0.1, 0.15) is 13.2 Å². The van der Waals surface area contributed by atoms with Crippen LogP contribution in [0.2, 0.25) is 0 Å². The van der Waals surface area contributed by atoms with E-state index in [-0.39, 0.29) is 83.7 Å². The Hall–Kier alpha value is -3.75. The number of hydrogen-bond donors (Lipinski definition) is 1. The summed E-state index contributed by atoms with van der Waals surface area (Å²) in [4.78, 5) is 31.1. The van der Waals surface area contributed by atoms with E-state index < -0.39 is 10.1 Å². The van der Waals surface area contributed by atoms with E-state index in [0.717, 1.165) is 100 Å².